The first-order chi connectivity index (χ1) is 7.72. The van der Waals surface area contributed by atoms with E-state index >= 15 is 0 Å². The number of rotatable bonds is 2. The molecule has 1 fully saturated rings. The van der Waals surface area contributed by atoms with E-state index in [9.17, 15) is 4.79 Å². The highest BCUT2D eigenvalue weighted by molar-refractivity contribution is 5.93. The van der Waals surface area contributed by atoms with Gasteiger partial charge in [-0.1, -0.05) is 6.07 Å². The number of methoxy groups -OCH3 is 1. The van der Waals surface area contributed by atoms with E-state index in [2.05, 4.69) is 4.98 Å². The number of ether oxygens (including phenoxy) is 1. The van der Waals surface area contributed by atoms with Crippen LogP contribution >= 0.6 is 0 Å². The standard InChI is InChI=1S/C12H16N2O2/c1-9-4-3-6-13-11(9)12(15)14-7-5-10(8-14)16-2/h3-4,6,10H,5,7-8H2,1-2H3. The van der Waals surface area contributed by atoms with Crippen LogP contribution in [0.4, 0.5) is 0 Å². The van der Waals surface area contributed by atoms with Crippen molar-refractivity contribution in [2.45, 2.75) is 19.4 Å². The lowest BCUT2D eigenvalue weighted by molar-refractivity contribution is 0.0718. The fourth-order valence-electron chi connectivity index (χ4n) is 1.96. The molecule has 1 unspecified atom stereocenters. The quantitative estimate of drug-likeness (QED) is 0.753. The Morgan fingerprint density at radius 1 is 1.62 bits per heavy atom. The number of hydrogen-bond donors (Lipinski definition) is 0. The largest absolute Gasteiger partial charge is 0.380 e. The molecule has 1 saturated heterocycles. The molecule has 4 heteroatoms. The van der Waals surface area contributed by atoms with Crippen LogP contribution in [0.1, 0.15) is 22.5 Å². The zero-order valence-electron chi connectivity index (χ0n) is 9.64. The molecule has 1 aliphatic rings. The lowest BCUT2D eigenvalue weighted by atomic mass is 10.2. The molecule has 4 nitrogen and oxygen atoms in total. The topological polar surface area (TPSA) is 42.4 Å². The summed E-state index contributed by atoms with van der Waals surface area (Å²) in [5, 5.41) is 0. The normalized spacial score (nSPS) is 20.1. The van der Waals surface area contributed by atoms with Crippen LogP contribution in [0.25, 0.3) is 0 Å². The summed E-state index contributed by atoms with van der Waals surface area (Å²) in [4.78, 5) is 18.1. The van der Waals surface area contributed by atoms with Crippen molar-refractivity contribution in [1.82, 2.24) is 9.88 Å². The number of hydrogen-bond acceptors (Lipinski definition) is 3. The maximum absolute atomic E-state index is 12.1. The number of carbonyl (C=O) groups excluding carboxylic acids is 1. The maximum Gasteiger partial charge on any atom is 0.272 e. The lowest BCUT2D eigenvalue weighted by Crippen LogP contribution is -2.31. The van der Waals surface area contributed by atoms with Crippen LogP contribution in [0.2, 0.25) is 0 Å². The van der Waals surface area contributed by atoms with Crippen LogP contribution in [-0.4, -0.2) is 42.1 Å². The van der Waals surface area contributed by atoms with E-state index < -0.39 is 0 Å². The second kappa shape index (κ2) is 4.61. The molecule has 0 radical (unpaired) electrons. The van der Waals surface area contributed by atoms with Gasteiger partial charge in [-0.2, -0.15) is 0 Å². The van der Waals surface area contributed by atoms with Crippen molar-refractivity contribution in [2.24, 2.45) is 0 Å². The SMILES string of the molecule is COC1CCN(C(=O)c2ncccc2C)C1. The number of nitrogens with zero attached hydrogens (tertiary/aromatic N) is 2. The Labute approximate surface area is 95.2 Å². The highest BCUT2D eigenvalue weighted by Crippen LogP contribution is 2.15. The number of amides is 1. The third kappa shape index (κ3) is 2.07. The maximum atomic E-state index is 12.1. The summed E-state index contributed by atoms with van der Waals surface area (Å²) >= 11 is 0. The lowest BCUT2D eigenvalue weighted by Gasteiger charge is -2.16. The molecule has 1 aliphatic heterocycles. The molecule has 0 spiro atoms. The summed E-state index contributed by atoms with van der Waals surface area (Å²) in [7, 11) is 1.69. The zero-order valence-corrected chi connectivity index (χ0v) is 9.64. The molecule has 1 aromatic heterocycles. The van der Waals surface area contributed by atoms with Crippen molar-refractivity contribution in [3.05, 3.63) is 29.6 Å². The summed E-state index contributed by atoms with van der Waals surface area (Å²) in [6.45, 7) is 3.34. The van der Waals surface area contributed by atoms with Gasteiger partial charge in [-0.3, -0.25) is 9.78 Å². The van der Waals surface area contributed by atoms with Gasteiger partial charge >= 0.3 is 0 Å². The van der Waals surface area contributed by atoms with Crippen molar-refractivity contribution in [1.29, 1.82) is 0 Å². The van der Waals surface area contributed by atoms with Gasteiger partial charge in [-0.25, -0.2) is 0 Å². The molecule has 0 aliphatic carbocycles. The molecule has 0 saturated carbocycles. The summed E-state index contributed by atoms with van der Waals surface area (Å²) in [5.41, 5.74) is 1.48. The first-order valence-electron chi connectivity index (χ1n) is 5.46. The molecule has 2 heterocycles. The number of aromatic nitrogens is 1. The zero-order chi connectivity index (χ0) is 11.5. The Balaban J connectivity index is 2.12. The molecule has 0 N–H and O–H groups in total. The van der Waals surface area contributed by atoms with Gasteiger partial charge in [0.15, 0.2) is 0 Å². The van der Waals surface area contributed by atoms with Crippen LogP contribution < -0.4 is 0 Å². The molecule has 1 amide bonds. The second-order valence-electron chi connectivity index (χ2n) is 4.07. The third-order valence-corrected chi connectivity index (χ3v) is 2.98. The van der Waals surface area contributed by atoms with Crippen molar-refractivity contribution in [2.75, 3.05) is 20.2 Å². The van der Waals surface area contributed by atoms with Gasteiger partial charge in [0.25, 0.3) is 5.91 Å². The first kappa shape index (κ1) is 11.1. The predicted molar refractivity (Wildman–Crippen MR) is 60.3 cm³/mol. The first-order valence-corrected chi connectivity index (χ1v) is 5.46. The molecule has 86 valence electrons. The van der Waals surface area contributed by atoms with Gasteiger partial charge in [0.1, 0.15) is 5.69 Å². The van der Waals surface area contributed by atoms with Crippen molar-refractivity contribution in [3.8, 4) is 0 Å². The summed E-state index contributed by atoms with van der Waals surface area (Å²) in [5.74, 6) is 0.0117. The van der Waals surface area contributed by atoms with E-state index in [0.29, 0.717) is 12.2 Å². The number of aryl methyl sites for hydroxylation is 1. The number of likely N-dealkylation sites (tertiary alicyclic amines) is 1. The molecule has 1 atom stereocenters. The number of carbonyl (C=O) groups is 1. The monoisotopic (exact) mass is 220 g/mol. The molecular weight excluding hydrogens is 204 g/mol. The summed E-state index contributed by atoms with van der Waals surface area (Å²) in [6.07, 6.45) is 2.74. The average Bonchev–Trinajstić information content (AvgIpc) is 2.77. The van der Waals surface area contributed by atoms with Crippen LogP contribution in [-0.2, 0) is 4.74 Å². The van der Waals surface area contributed by atoms with Crippen LogP contribution in [0.5, 0.6) is 0 Å². The predicted octanol–water partition coefficient (Wildman–Crippen LogP) is 1.25. The van der Waals surface area contributed by atoms with Gasteiger partial charge in [0.2, 0.25) is 0 Å². The highest BCUT2D eigenvalue weighted by Gasteiger charge is 2.27. The van der Waals surface area contributed by atoms with Crippen LogP contribution in [0.15, 0.2) is 18.3 Å². The van der Waals surface area contributed by atoms with Crippen molar-refractivity contribution < 1.29 is 9.53 Å². The minimum atomic E-state index is 0.0117. The fourth-order valence-corrected chi connectivity index (χ4v) is 1.96. The third-order valence-electron chi connectivity index (χ3n) is 2.98. The van der Waals surface area contributed by atoms with Crippen molar-refractivity contribution >= 4 is 5.91 Å². The van der Waals surface area contributed by atoms with Crippen LogP contribution in [0.3, 0.4) is 0 Å². The summed E-state index contributed by atoms with van der Waals surface area (Å²) < 4.78 is 5.24. The Bertz CT molecular complexity index is 392. The Morgan fingerprint density at radius 2 is 2.44 bits per heavy atom. The minimum Gasteiger partial charge on any atom is -0.380 e. The Kier molecular flexibility index (Phi) is 3.19. The van der Waals surface area contributed by atoms with Gasteiger partial charge in [0, 0.05) is 26.4 Å². The van der Waals surface area contributed by atoms with E-state index in [1.54, 1.807) is 13.3 Å². The molecule has 0 aromatic carbocycles. The number of pyridine rings is 1. The average molecular weight is 220 g/mol. The summed E-state index contributed by atoms with van der Waals surface area (Å²) in [6, 6.07) is 3.75. The van der Waals surface area contributed by atoms with E-state index in [1.807, 2.05) is 24.0 Å². The van der Waals surface area contributed by atoms with E-state index in [-0.39, 0.29) is 12.0 Å². The molecule has 1 aromatic rings. The van der Waals surface area contributed by atoms with Gasteiger partial charge in [-0.15, -0.1) is 0 Å². The van der Waals surface area contributed by atoms with Gasteiger partial charge in [-0.05, 0) is 25.0 Å². The molecule has 0 bridgehead atoms. The van der Waals surface area contributed by atoms with Gasteiger partial charge in [0.05, 0.1) is 6.10 Å². The Morgan fingerprint density at radius 3 is 3.06 bits per heavy atom. The Hall–Kier alpha value is -1.42. The highest BCUT2D eigenvalue weighted by atomic mass is 16.5. The van der Waals surface area contributed by atoms with Crippen LogP contribution in [0, 0.1) is 6.92 Å². The fraction of sp³-hybridized carbons (Fsp3) is 0.500. The minimum absolute atomic E-state index is 0.0117. The van der Waals surface area contributed by atoms with E-state index in [4.69, 9.17) is 4.74 Å². The van der Waals surface area contributed by atoms with Crippen molar-refractivity contribution in [3.63, 3.8) is 0 Å². The molecular formula is C12H16N2O2. The van der Waals surface area contributed by atoms with E-state index in [1.165, 1.54) is 0 Å². The molecule has 16 heavy (non-hydrogen) atoms. The molecule has 2 rings (SSSR count). The smallest absolute Gasteiger partial charge is 0.272 e. The second-order valence-corrected chi connectivity index (χ2v) is 4.07. The van der Waals surface area contributed by atoms with E-state index in [0.717, 1.165) is 18.5 Å². The van der Waals surface area contributed by atoms with Gasteiger partial charge < -0.3 is 9.64 Å².